The first-order valence-corrected chi connectivity index (χ1v) is 14.8. The lowest BCUT2D eigenvalue weighted by molar-refractivity contribution is -0.192. The number of carboxylic acids is 2. The van der Waals surface area contributed by atoms with Crippen molar-refractivity contribution in [1.82, 2.24) is 25.2 Å². The number of carbonyl (C=O) groups is 5. The minimum atomic E-state index is -5.08. The number of allylic oxidation sites excluding steroid dienone is 1. The van der Waals surface area contributed by atoms with Gasteiger partial charge in [-0.2, -0.15) is 13.2 Å². The summed E-state index contributed by atoms with van der Waals surface area (Å²) in [6, 6.07) is -1.05. The fourth-order valence-electron chi connectivity index (χ4n) is 4.59. The average Bonchev–Trinajstić information content (AvgIpc) is 3.56. The molecule has 3 aliphatic heterocycles. The third-order valence-corrected chi connectivity index (χ3v) is 8.56. The van der Waals surface area contributed by atoms with E-state index in [1.165, 1.54) is 28.1 Å². The second kappa shape index (κ2) is 13.1. The number of aryl methyl sites for hydroxylation is 2. The summed E-state index contributed by atoms with van der Waals surface area (Å²) in [5.41, 5.74) is 6.99. The van der Waals surface area contributed by atoms with Crippen molar-refractivity contribution in [2.24, 2.45) is 5.16 Å². The van der Waals surface area contributed by atoms with Gasteiger partial charge in [0.05, 0.1) is 17.6 Å². The fourth-order valence-corrected chi connectivity index (χ4v) is 6.44. The molecule has 3 amide bonds. The number of anilines is 2. The number of halogens is 3. The topological polar surface area (TPSA) is 242 Å². The second-order valence-corrected chi connectivity index (χ2v) is 11.7. The Kier molecular flexibility index (Phi) is 9.66. The summed E-state index contributed by atoms with van der Waals surface area (Å²) in [6.45, 7) is 3.93. The Balaban J connectivity index is 0.000000617. The summed E-state index contributed by atoms with van der Waals surface area (Å²) in [6.07, 6.45) is -1.61. The lowest BCUT2D eigenvalue weighted by atomic mass is 10.0. The number of aromatic nitrogens is 3. The molecule has 3 aliphatic rings. The number of nitrogen functional groups attached to an aromatic ring is 1. The molecule has 21 heteroatoms. The van der Waals surface area contributed by atoms with Crippen LogP contribution in [0.4, 0.5) is 24.1 Å². The number of thioether (sulfide) groups is 1. The number of amides is 3. The van der Waals surface area contributed by atoms with Gasteiger partial charge in [-0.1, -0.05) is 5.16 Å². The van der Waals surface area contributed by atoms with Crippen LogP contribution in [-0.4, -0.2) is 101 Å². The number of β-lactam (4-membered cyclic amide) rings is 1. The van der Waals surface area contributed by atoms with Gasteiger partial charge >= 0.3 is 18.1 Å². The zero-order valence-electron chi connectivity index (χ0n) is 23.6. The van der Waals surface area contributed by atoms with Crippen molar-refractivity contribution in [2.75, 3.05) is 22.9 Å². The van der Waals surface area contributed by atoms with E-state index < -0.39 is 47.1 Å². The minimum absolute atomic E-state index is 0.0412. The molecule has 46 heavy (non-hydrogen) atoms. The van der Waals surface area contributed by atoms with E-state index in [1.807, 2.05) is 0 Å². The van der Waals surface area contributed by atoms with Gasteiger partial charge in [0.2, 0.25) is 0 Å². The van der Waals surface area contributed by atoms with Crippen molar-refractivity contribution in [3.05, 3.63) is 51.6 Å². The highest BCUT2D eigenvalue weighted by Gasteiger charge is 2.54. The van der Waals surface area contributed by atoms with E-state index in [0.717, 1.165) is 21.9 Å². The SMILES string of the molecule is Cc1cnc(N2CCC(=CC3=C(C(=O)O)N4C(=O)[C@@H](NC(=O)C(=NO)c5csc(N)n5)[C@H]4SC3)C2=O)c(C)n1.O=C(O)C(F)(F)F. The van der Waals surface area contributed by atoms with Crippen molar-refractivity contribution in [3.63, 3.8) is 0 Å². The smallest absolute Gasteiger partial charge is 0.477 e. The van der Waals surface area contributed by atoms with Crippen LogP contribution in [0.2, 0.25) is 0 Å². The molecule has 244 valence electrons. The monoisotopic (exact) mass is 684 g/mol. The van der Waals surface area contributed by atoms with Crippen molar-refractivity contribution < 1.29 is 52.6 Å². The molecule has 2 atom stereocenters. The maximum atomic E-state index is 13.1. The molecule has 2 saturated heterocycles. The lowest BCUT2D eigenvalue weighted by Gasteiger charge is -2.49. The van der Waals surface area contributed by atoms with E-state index in [0.29, 0.717) is 35.6 Å². The Morgan fingerprint density at radius 1 is 1.20 bits per heavy atom. The van der Waals surface area contributed by atoms with Gasteiger partial charge in [0, 0.05) is 23.3 Å². The first-order valence-electron chi connectivity index (χ1n) is 12.8. The van der Waals surface area contributed by atoms with E-state index >= 15 is 0 Å². The van der Waals surface area contributed by atoms with E-state index in [9.17, 15) is 42.7 Å². The molecule has 2 fully saturated rings. The molecular formula is C25H23F3N8O8S2. The zero-order valence-corrected chi connectivity index (χ0v) is 25.2. The number of carboxylic acid groups (broad SMARTS) is 2. The third kappa shape index (κ3) is 6.78. The van der Waals surface area contributed by atoms with Gasteiger partial charge in [0.15, 0.2) is 16.7 Å². The van der Waals surface area contributed by atoms with Crippen molar-refractivity contribution in [3.8, 4) is 0 Å². The van der Waals surface area contributed by atoms with E-state index in [2.05, 4.69) is 25.4 Å². The van der Waals surface area contributed by atoms with E-state index in [-0.39, 0.29) is 28.2 Å². The lowest BCUT2D eigenvalue weighted by Crippen LogP contribution is -2.71. The number of alkyl halides is 3. The van der Waals surface area contributed by atoms with Crippen LogP contribution in [-0.2, 0) is 24.0 Å². The number of nitrogens with zero attached hydrogens (tertiary/aromatic N) is 6. The quantitative estimate of drug-likeness (QED) is 0.0941. The Labute approximate surface area is 264 Å². The van der Waals surface area contributed by atoms with E-state index in [1.54, 1.807) is 20.0 Å². The predicted octanol–water partition coefficient (Wildman–Crippen LogP) is 1.05. The van der Waals surface area contributed by atoms with Crippen molar-refractivity contribution in [2.45, 2.75) is 37.9 Å². The summed E-state index contributed by atoms with van der Waals surface area (Å²) >= 11 is 2.29. The second-order valence-electron chi connectivity index (χ2n) is 9.66. The molecular weight excluding hydrogens is 661 g/mol. The molecule has 0 unspecified atom stereocenters. The van der Waals surface area contributed by atoms with Gasteiger partial charge < -0.3 is 26.5 Å². The maximum Gasteiger partial charge on any atom is 0.490 e. The maximum absolute atomic E-state index is 13.1. The van der Waals surface area contributed by atoms with Crippen molar-refractivity contribution >= 4 is 69.4 Å². The summed E-state index contributed by atoms with van der Waals surface area (Å²) in [5.74, 6) is -5.26. The minimum Gasteiger partial charge on any atom is -0.477 e. The molecule has 5 heterocycles. The predicted molar refractivity (Wildman–Crippen MR) is 155 cm³/mol. The van der Waals surface area contributed by atoms with E-state index in [4.69, 9.17) is 15.6 Å². The highest BCUT2D eigenvalue weighted by molar-refractivity contribution is 8.00. The van der Waals surface area contributed by atoms with Crippen LogP contribution >= 0.6 is 23.1 Å². The number of fused-ring (bicyclic) bond motifs is 1. The Morgan fingerprint density at radius 2 is 1.87 bits per heavy atom. The Bertz CT molecular complexity index is 1720. The molecule has 0 radical (unpaired) electrons. The van der Waals surface area contributed by atoms with Crippen LogP contribution in [0.25, 0.3) is 0 Å². The fraction of sp³-hybridized carbons (Fsp3) is 0.320. The first-order chi connectivity index (χ1) is 21.5. The Morgan fingerprint density at radius 3 is 2.41 bits per heavy atom. The molecule has 16 nitrogen and oxygen atoms in total. The van der Waals surface area contributed by atoms with Gasteiger partial charge in [0.25, 0.3) is 17.7 Å². The molecule has 0 bridgehead atoms. The summed E-state index contributed by atoms with van der Waals surface area (Å²) in [4.78, 5) is 75.1. The van der Waals surface area contributed by atoms with Crippen LogP contribution in [0.15, 0.2) is 39.7 Å². The molecule has 5 rings (SSSR count). The molecule has 0 aromatic carbocycles. The molecule has 0 spiro atoms. The van der Waals surface area contributed by atoms with Gasteiger partial charge in [-0.3, -0.25) is 29.2 Å². The number of hydrogen-bond donors (Lipinski definition) is 5. The Hall–Kier alpha value is -5.05. The van der Waals surface area contributed by atoms with Crippen LogP contribution in [0, 0.1) is 13.8 Å². The highest BCUT2D eigenvalue weighted by Crippen LogP contribution is 2.41. The number of nitrogens with two attached hydrogens (primary N) is 1. The van der Waals surface area contributed by atoms with Gasteiger partial charge in [-0.05, 0) is 31.9 Å². The average molecular weight is 685 g/mol. The number of nitrogens with one attached hydrogen (secondary N) is 1. The highest BCUT2D eigenvalue weighted by atomic mass is 32.2. The number of thiazole rings is 1. The molecule has 2 aromatic heterocycles. The molecule has 6 N–H and O–H groups in total. The number of aliphatic carboxylic acids is 2. The van der Waals surface area contributed by atoms with Gasteiger partial charge in [-0.15, -0.1) is 23.1 Å². The first kappa shape index (κ1) is 33.8. The standard InChI is InChI=1S/C23H22N8O6S2.C2HF3O2/c1-9-6-25-17(10(2)26-9)30-4-3-11(19(30)33)5-12-7-38-21-15(20(34)31(21)16(12)22(35)36)28-18(32)14(29-37)13-8-39-23(24)27-13;3-2(4,5)1(6)7/h5-6,8,15,21,37H,3-4,7H2,1-2H3,(H2,24,27)(H,28,32)(H,35,36);(H,6,7)/t15-,21-;/m1./s1. The summed E-state index contributed by atoms with van der Waals surface area (Å²) in [7, 11) is 0. The van der Waals surface area contributed by atoms with Crippen LogP contribution in [0.3, 0.4) is 0 Å². The van der Waals surface area contributed by atoms with Crippen molar-refractivity contribution in [1.29, 1.82) is 0 Å². The molecule has 2 aromatic rings. The number of rotatable bonds is 6. The van der Waals surface area contributed by atoms with Gasteiger partial charge in [0.1, 0.15) is 22.8 Å². The summed E-state index contributed by atoms with van der Waals surface area (Å²) in [5, 5.41) is 32.8. The van der Waals surface area contributed by atoms with Crippen LogP contribution in [0.1, 0.15) is 23.5 Å². The van der Waals surface area contributed by atoms with Crippen LogP contribution < -0.4 is 16.0 Å². The normalized spacial score (nSPS) is 20.6. The zero-order chi connectivity index (χ0) is 34.1. The number of oxime groups is 1. The number of carbonyl (C=O) groups excluding carboxylic acids is 3. The summed E-state index contributed by atoms with van der Waals surface area (Å²) < 4.78 is 31.7. The largest absolute Gasteiger partial charge is 0.490 e. The third-order valence-electron chi connectivity index (χ3n) is 6.58. The molecule has 0 saturated carbocycles. The van der Waals surface area contributed by atoms with Gasteiger partial charge in [-0.25, -0.2) is 19.6 Å². The number of hydrogen-bond acceptors (Lipinski definition) is 13. The van der Waals surface area contributed by atoms with Crippen LogP contribution in [0.5, 0.6) is 0 Å². The molecule has 0 aliphatic carbocycles.